The number of benzene rings is 1. The van der Waals surface area contributed by atoms with Gasteiger partial charge in [-0.1, -0.05) is 0 Å². The second-order valence-electron chi connectivity index (χ2n) is 3.91. The summed E-state index contributed by atoms with van der Waals surface area (Å²) in [5, 5.41) is 0. The van der Waals surface area contributed by atoms with Crippen molar-refractivity contribution >= 4 is 11.8 Å². The molecule has 1 aliphatic rings. The van der Waals surface area contributed by atoms with Crippen molar-refractivity contribution in [3.8, 4) is 11.5 Å². The molecule has 0 aliphatic carbocycles. The van der Waals surface area contributed by atoms with Crippen molar-refractivity contribution in [3.63, 3.8) is 0 Å². The maximum atomic E-state index is 5.65. The van der Waals surface area contributed by atoms with Crippen LogP contribution in [0.25, 0.3) is 0 Å². The topological polar surface area (TPSA) is 53.7 Å². The van der Waals surface area contributed by atoms with E-state index in [1.54, 1.807) is 11.8 Å². The fraction of sp³-hybridized carbons (Fsp3) is 0.538. The highest BCUT2D eigenvalue weighted by Crippen LogP contribution is 2.33. The summed E-state index contributed by atoms with van der Waals surface area (Å²) in [7, 11) is 0. The number of hydrogen-bond donors (Lipinski definition) is 1. The van der Waals surface area contributed by atoms with Gasteiger partial charge in [-0.15, -0.1) is 11.8 Å². The lowest BCUT2D eigenvalue weighted by atomic mass is 10.3. The van der Waals surface area contributed by atoms with Crippen LogP contribution in [0.3, 0.4) is 0 Å². The minimum atomic E-state index is 0.578. The maximum absolute atomic E-state index is 5.65. The summed E-state index contributed by atoms with van der Waals surface area (Å²) in [5.41, 5.74) is 5.35. The molecule has 0 saturated heterocycles. The Morgan fingerprint density at radius 2 is 2.00 bits per heavy atom. The molecule has 0 unspecified atom stereocenters. The van der Waals surface area contributed by atoms with Crippen LogP contribution in [-0.4, -0.2) is 38.7 Å². The number of thioether (sulfide) groups is 1. The van der Waals surface area contributed by atoms with E-state index in [1.165, 1.54) is 4.90 Å². The van der Waals surface area contributed by atoms with E-state index in [4.69, 9.17) is 19.9 Å². The summed E-state index contributed by atoms with van der Waals surface area (Å²) >= 11 is 1.75. The van der Waals surface area contributed by atoms with E-state index in [2.05, 4.69) is 6.07 Å². The Balaban J connectivity index is 1.84. The van der Waals surface area contributed by atoms with Gasteiger partial charge < -0.3 is 19.9 Å². The van der Waals surface area contributed by atoms with E-state index in [0.29, 0.717) is 13.2 Å². The molecular formula is C13H19NO3S. The van der Waals surface area contributed by atoms with Crippen LogP contribution in [0.2, 0.25) is 0 Å². The van der Waals surface area contributed by atoms with Crippen LogP contribution < -0.4 is 15.2 Å². The molecule has 0 fully saturated rings. The van der Waals surface area contributed by atoms with E-state index in [9.17, 15) is 0 Å². The normalized spacial score (nSPS) is 14.3. The standard InChI is InChI=1S/C13H19NO3S/c14-4-7-15-8-9-18-11-2-3-12-13(10-11)17-6-1-5-16-12/h2-3,10H,1,4-9,14H2. The Bertz CT molecular complexity index is 373. The van der Waals surface area contributed by atoms with Crippen molar-refractivity contribution in [2.24, 2.45) is 5.73 Å². The molecule has 0 aromatic heterocycles. The SMILES string of the molecule is NCCOCCSc1ccc2c(c1)OCCCO2. The predicted molar refractivity (Wildman–Crippen MR) is 72.6 cm³/mol. The number of fused-ring (bicyclic) bond motifs is 1. The number of rotatable bonds is 6. The molecule has 1 aromatic rings. The van der Waals surface area contributed by atoms with Crippen LogP contribution in [0.5, 0.6) is 11.5 Å². The highest BCUT2D eigenvalue weighted by Gasteiger charge is 2.10. The average molecular weight is 269 g/mol. The third-order valence-corrected chi connectivity index (χ3v) is 3.44. The van der Waals surface area contributed by atoms with Crippen molar-refractivity contribution in [2.45, 2.75) is 11.3 Å². The van der Waals surface area contributed by atoms with Gasteiger partial charge in [-0.05, 0) is 18.2 Å². The minimum Gasteiger partial charge on any atom is -0.490 e. The summed E-state index contributed by atoms with van der Waals surface area (Å²) < 4.78 is 16.6. The van der Waals surface area contributed by atoms with E-state index in [0.717, 1.165) is 43.5 Å². The van der Waals surface area contributed by atoms with Crippen molar-refractivity contribution in [1.82, 2.24) is 0 Å². The largest absolute Gasteiger partial charge is 0.490 e. The van der Waals surface area contributed by atoms with Gasteiger partial charge in [-0.3, -0.25) is 0 Å². The van der Waals surface area contributed by atoms with Gasteiger partial charge in [-0.2, -0.15) is 0 Å². The molecular weight excluding hydrogens is 250 g/mol. The zero-order valence-corrected chi connectivity index (χ0v) is 11.2. The first-order chi connectivity index (χ1) is 8.90. The molecule has 4 nitrogen and oxygen atoms in total. The smallest absolute Gasteiger partial charge is 0.162 e. The first-order valence-electron chi connectivity index (χ1n) is 6.20. The van der Waals surface area contributed by atoms with Crippen molar-refractivity contribution in [3.05, 3.63) is 18.2 Å². The van der Waals surface area contributed by atoms with Crippen LogP contribution in [0, 0.1) is 0 Å². The molecule has 18 heavy (non-hydrogen) atoms. The Morgan fingerprint density at radius 3 is 2.83 bits per heavy atom. The van der Waals surface area contributed by atoms with Crippen LogP contribution >= 0.6 is 11.8 Å². The monoisotopic (exact) mass is 269 g/mol. The first-order valence-corrected chi connectivity index (χ1v) is 7.19. The number of hydrogen-bond acceptors (Lipinski definition) is 5. The fourth-order valence-corrected chi connectivity index (χ4v) is 2.43. The van der Waals surface area contributed by atoms with E-state index >= 15 is 0 Å². The molecule has 1 heterocycles. The predicted octanol–water partition coefficient (Wildman–Crippen LogP) is 1.92. The second-order valence-corrected chi connectivity index (χ2v) is 5.08. The molecule has 0 spiro atoms. The zero-order valence-electron chi connectivity index (χ0n) is 10.4. The molecule has 0 atom stereocenters. The third-order valence-electron chi connectivity index (χ3n) is 2.48. The average Bonchev–Trinajstić information content (AvgIpc) is 2.63. The summed E-state index contributed by atoms with van der Waals surface area (Å²) in [6, 6.07) is 6.07. The van der Waals surface area contributed by atoms with Crippen LogP contribution in [0.15, 0.2) is 23.1 Å². The number of ether oxygens (including phenoxy) is 3. The molecule has 2 rings (SSSR count). The lowest BCUT2D eigenvalue weighted by Crippen LogP contribution is -2.09. The lowest BCUT2D eigenvalue weighted by molar-refractivity contribution is 0.158. The van der Waals surface area contributed by atoms with Crippen molar-refractivity contribution in [1.29, 1.82) is 0 Å². The Labute approximate surface area is 112 Å². The minimum absolute atomic E-state index is 0.578. The summed E-state index contributed by atoms with van der Waals surface area (Å²) in [6.45, 7) is 3.37. The van der Waals surface area contributed by atoms with E-state index in [-0.39, 0.29) is 0 Å². The molecule has 0 radical (unpaired) electrons. The third kappa shape index (κ3) is 4.08. The van der Waals surface area contributed by atoms with Gasteiger partial charge in [0.25, 0.3) is 0 Å². The van der Waals surface area contributed by atoms with Gasteiger partial charge in [-0.25, -0.2) is 0 Å². The molecule has 0 amide bonds. The van der Waals surface area contributed by atoms with Gasteiger partial charge in [0.2, 0.25) is 0 Å². The molecule has 1 aromatic carbocycles. The Kier molecular flexibility index (Phi) is 5.64. The molecule has 100 valence electrons. The van der Waals surface area contributed by atoms with Crippen LogP contribution in [0.4, 0.5) is 0 Å². The van der Waals surface area contributed by atoms with Gasteiger partial charge >= 0.3 is 0 Å². The zero-order chi connectivity index (χ0) is 12.6. The van der Waals surface area contributed by atoms with Gasteiger partial charge in [0, 0.05) is 23.6 Å². The first kappa shape index (κ1) is 13.5. The quantitative estimate of drug-likeness (QED) is 0.631. The maximum Gasteiger partial charge on any atom is 0.162 e. The second kappa shape index (κ2) is 7.51. The lowest BCUT2D eigenvalue weighted by Gasteiger charge is -2.09. The molecule has 2 N–H and O–H groups in total. The van der Waals surface area contributed by atoms with Gasteiger partial charge in [0.1, 0.15) is 0 Å². The number of nitrogens with two attached hydrogens (primary N) is 1. The molecule has 1 aliphatic heterocycles. The van der Waals surface area contributed by atoms with Gasteiger partial charge in [0.15, 0.2) is 11.5 Å². The Hall–Kier alpha value is -0.910. The van der Waals surface area contributed by atoms with Crippen LogP contribution in [0.1, 0.15) is 6.42 Å². The Morgan fingerprint density at radius 1 is 1.17 bits per heavy atom. The molecule has 0 bridgehead atoms. The van der Waals surface area contributed by atoms with Crippen LogP contribution in [-0.2, 0) is 4.74 Å². The van der Waals surface area contributed by atoms with E-state index < -0.39 is 0 Å². The summed E-state index contributed by atoms with van der Waals surface area (Å²) in [4.78, 5) is 1.18. The van der Waals surface area contributed by atoms with Crippen molar-refractivity contribution in [2.75, 3.05) is 38.7 Å². The fourth-order valence-electron chi connectivity index (χ4n) is 1.64. The molecule has 0 saturated carbocycles. The highest BCUT2D eigenvalue weighted by molar-refractivity contribution is 7.99. The highest BCUT2D eigenvalue weighted by atomic mass is 32.2. The van der Waals surface area contributed by atoms with E-state index in [1.807, 2.05) is 12.1 Å². The summed E-state index contributed by atoms with van der Waals surface area (Å²) in [5.74, 6) is 2.61. The van der Waals surface area contributed by atoms with Crippen molar-refractivity contribution < 1.29 is 14.2 Å². The summed E-state index contributed by atoms with van der Waals surface area (Å²) in [6.07, 6.45) is 0.935. The molecule has 5 heteroatoms. The van der Waals surface area contributed by atoms with Gasteiger partial charge in [0.05, 0.1) is 26.4 Å².